The van der Waals surface area contributed by atoms with E-state index in [9.17, 15) is 9.59 Å². The molecular weight excluding hydrogens is 410 g/mol. The van der Waals surface area contributed by atoms with Gasteiger partial charge in [0.1, 0.15) is 5.70 Å². The molecule has 0 aliphatic carbocycles. The van der Waals surface area contributed by atoms with E-state index in [2.05, 4.69) is 10.3 Å². The van der Waals surface area contributed by atoms with Gasteiger partial charge in [0.2, 0.25) is 0 Å². The van der Waals surface area contributed by atoms with Crippen molar-refractivity contribution in [2.75, 3.05) is 5.32 Å². The van der Waals surface area contributed by atoms with Gasteiger partial charge < -0.3 is 5.32 Å². The minimum absolute atomic E-state index is 0.104. The summed E-state index contributed by atoms with van der Waals surface area (Å²) in [6, 6.07) is 16.6. The van der Waals surface area contributed by atoms with Gasteiger partial charge in [-0.05, 0) is 67.3 Å². The average molecular weight is 432 g/mol. The summed E-state index contributed by atoms with van der Waals surface area (Å²) in [5, 5.41) is 3.74. The van der Waals surface area contributed by atoms with E-state index in [1.165, 1.54) is 4.90 Å². The van der Waals surface area contributed by atoms with Gasteiger partial charge >= 0.3 is 0 Å². The van der Waals surface area contributed by atoms with Gasteiger partial charge in [-0.25, -0.2) is 0 Å². The summed E-state index contributed by atoms with van der Waals surface area (Å²) in [6.45, 7) is 6.02. The molecule has 0 fully saturated rings. The number of pyridine rings is 1. The molecule has 0 atom stereocenters. The number of amides is 2. The smallest absolute Gasteiger partial charge is 0.278 e. The number of anilines is 1. The van der Waals surface area contributed by atoms with Crippen LogP contribution in [0.3, 0.4) is 0 Å². The summed E-state index contributed by atoms with van der Waals surface area (Å²) >= 11 is 6.17. The molecule has 6 heteroatoms. The van der Waals surface area contributed by atoms with Crippen LogP contribution in [0, 0.1) is 20.8 Å². The van der Waals surface area contributed by atoms with Gasteiger partial charge in [0.15, 0.2) is 0 Å². The maximum Gasteiger partial charge on any atom is 0.278 e. The number of carbonyl (C=O) groups excluding carboxylic acids is 2. The minimum atomic E-state index is -0.386. The topological polar surface area (TPSA) is 62.3 Å². The molecule has 1 aliphatic rings. The molecule has 0 bridgehead atoms. The predicted molar refractivity (Wildman–Crippen MR) is 122 cm³/mol. The third-order valence-electron chi connectivity index (χ3n) is 5.47. The van der Waals surface area contributed by atoms with E-state index in [1.807, 2.05) is 51.1 Å². The lowest BCUT2D eigenvalue weighted by molar-refractivity contribution is -0.137. The van der Waals surface area contributed by atoms with E-state index in [1.54, 1.807) is 30.5 Å². The molecule has 1 aromatic heterocycles. The lowest BCUT2D eigenvalue weighted by atomic mass is 9.99. The molecule has 1 aliphatic heterocycles. The number of rotatable bonds is 5. The fraction of sp³-hybridized carbons (Fsp3) is 0.160. The first-order valence-electron chi connectivity index (χ1n) is 9.96. The van der Waals surface area contributed by atoms with Crippen LogP contribution in [-0.4, -0.2) is 21.7 Å². The van der Waals surface area contributed by atoms with Crippen LogP contribution in [-0.2, 0) is 16.1 Å². The monoisotopic (exact) mass is 431 g/mol. The summed E-state index contributed by atoms with van der Waals surface area (Å²) in [5.74, 6) is -0.732. The number of nitrogens with one attached hydrogen (secondary N) is 1. The molecular formula is C25H22ClN3O2. The maximum atomic E-state index is 13.4. The second-order valence-corrected chi connectivity index (χ2v) is 8.09. The van der Waals surface area contributed by atoms with Gasteiger partial charge in [-0.15, -0.1) is 0 Å². The number of halogens is 1. The number of imide groups is 1. The molecule has 0 radical (unpaired) electrons. The molecule has 5 nitrogen and oxygen atoms in total. The molecule has 2 heterocycles. The van der Waals surface area contributed by atoms with Gasteiger partial charge in [-0.1, -0.05) is 41.9 Å². The highest BCUT2D eigenvalue weighted by Gasteiger charge is 2.39. The number of aromatic nitrogens is 1. The third kappa shape index (κ3) is 4.09. The maximum absolute atomic E-state index is 13.4. The van der Waals surface area contributed by atoms with Crippen molar-refractivity contribution in [2.45, 2.75) is 27.3 Å². The van der Waals surface area contributed by atoms with Crippen molar-refractivity contribution < 1.29 is 9.59 Å². The molecule has 0 saturated carbocycles. The normalized spacial score (nSPS) is 13.9. The van der Waals surface area contributed by atoms with Crippen LogP contribution in [0.5, 0.6) is 0 Å². The Labute approximate surface area is 186 Å². The standard InChI is InChI=1S/C25H22ClN3O2/c1-15-7-9-18(12-17(15)3)22-23(28-21-13-19(26)10-8-16(21)2)25(31)29(24(22)30)14-20-6-4-5-11-27-20/h4-13,28H,14H2,1-3H3. The fourth-order valence-electron chi connectivity index (χ4n) is 3.52. The number of benzene rings is 2. The van der Waals surface area contributed by atoms with Gasteiger partial charge in [0.05, 0.1) is 17.8 Å². The molecule has 2 aromatic carbocycles. The Morgan fingerprint density at radius 3 is 2.39 bits per heavy atom. The van der Waals surface area contributed by atoms with E-state index in [0.29, 0.717) is 27.5 Å². The van der Waals surface area contributed by atoms with Gasteiger partial charge in [-0.2, -0.15) is 0 Å². The molecule has 4 rings (SSSR count). The van der Waals surface area contributed by atoms with E-state index < -0.39 is 0 Å². The van der Waals surface area contributed by atoms with Crippen molar-refractivity contribution >= 4 is 34.7 Å². The minimum Gasteiger partial charge on any atom is -0.350 e. The van der Waals surface area contributed by atoms with Crippen molar-refractivity contribution in [1.29, 1.82) is 0 Å². The van der Waals surface area contributed by atoms with E-state index in [-0.39, 0.29) is 24.1 Å². The molecule has 31 heavy (non-hydrogen) atoms. The molecule has 156 valence electrons. The first-order valence-corrected chi connectivity index (χ1v) is 10.3. The predicted octanol–water partition coefficient (Wildman–Crippen LogP) is 5.05. The van der Waals surface area contributed by atoms with Crippen LogP contribution < -0.4 is 5.32 Å². The first-order chi connectivity index (χ1) is 14.8. The molecule has 0 spiro atoms. The van der Waals surface area contributed by atoms with Crippen LogP contribution >= 0.6 is 11.6 Å². The Morgan fingerprint density at radius 1 is 0.903 bits per heavy atom. The van der Waals surface area contributed by atoms with Crippen molar-refractivity contribution in [3.63, 3.8) is 0 Å². The zero-order valence-electron chi connectivity index (χ0n) is 17.6. The van der Waals surface area contributed by atoms with Gasteiger partial charge in [0, 0.05) is 16.9 Å². The average Bonchev–Trinajstić information content (AvgIpc) is 2.98. The van der Waals surface area contributed by atoms with E-state index in [0.717, 1.165) is 16.7 Å². The Kier molecular flexibility index (Phi) is 5.61. The van der Waals surface area contributed by atoms with Gasteiger partial charge in [-0.3, -0.25) is 19.5 Å². The number of hydrogen-bond donors (Lipinski definition) is 1. The fourth-order valence-corrected chi connectivity index (χ4v) is 3.69. The summed E-state index contributed by atoms with van der Waals surface area (Å²) in [7, 11) is 0. The Bertz CT molecular complexity index is 1220. The van der Waals surface area contributed by atoms with Crippen LogP contribution in [0.25, 0.3) is 5.57 Å². The SMILES string of the molecule is Cc1ccc(C2=C(Nc3cc(Cl)ccc3C)C(=O)N(Cc3ccccn3)C2=O)cc1C. The Balaban J connectivity index is 1.80. The number of hydrogen-bond acceptors (Lipinski definition) is 4. The number of carbonyl (C=O) groups is 2. The zero-order valence-corrected chi connectivity index (χ0v) is 18.3. The summed E-state index contributed by atoms with van der Waals surface area (Å²) in [4.78, 5) is 32.3. The molecule has 3 aromatic rings. The highest BCUT2D eigenvalue weighted by molar-refractivity contribution is 6.36. The second-order valence-electron chi connectivity index (χ2n) is 7.65. The van der Waals surface area contributed by atoms with Gasteiger partial charge in [0.25, 0.3) is 11.8 Å². The third-order valence-corrected chi connectivity index (χ3v) is 5.70. The highest BCUT2D eigenvalue weighted by Crippen LogP contribution is 2.33. The number of nitrogens with zero attached hydrogens (tertiary/aromatic N) is 2. The molecule has 0 saturated heterocycles. The van der Waals surface area contributed by atoms with Crippen LogP contribution in [0.4, 0.5) is 5.69 Å². The first kappa shape index (κ1) is 20.8. The van der Waals surface area contributed by atoms with Crippen LogP contribution in [0.1, 0.15) is 27.9 Å². The molecule has 0 unspecified atom stereocenters. The Hall–Kier alpha value is -3.44. The van der Waals surface area contributed by atoms with Crippen molar-refractivity contribution in [3.05, 3.63) is 99.5 Å². The largest absolute Gasteiger partial charge is 0.350 e. The highest BCUT2D eigenvalue weighted by atomic mass is 35.5. The quantitative estimate of drug-likeness (QED) is 0.574. The lowest BCUT2D eigenvalue weighted by Gasteiger charge is -2.15. The molecule has 1 N–H and O–H groups in total. The van der Waals surface area contributed by atoms with Crippen LogP contribution in [0.2, 0.25) is 5.02 Å². The second kappa shape index (κ2) is 8.36. The van der Waals surface area contributed by atoms with E-state index in [4.69, 9.17) is 11.6 Å². The summed E-state index contributed by atoms with van der Waals surface area (Å²) < 4.78 is 0. The lowest BCUT2D eigenvalue weighted by Crippen LogP contribution is -2.32. The Morgan fingerprint density at radius 2 is 1.68 bits per heavy atom. The summed E-state index contributed by atoms with van der Waals surface area (Å²) in [5.41, 5.74) is 5.71. The van der Waals surface area contributed by atoms with Crippen LogP contribution in [0.15, 0.2) is 66.5 Å². The summed E-state index contributed by atoms with van der Waals surface area (Å²) in [6.07, 6.45) is 1.65. The van der Waals surface area contributed by atoms with Crippen molar-refractivity contribution in [1.82, 2.24) is 9.88 Å². The molecule has 2 amide bonds. The van der Waals surface area contributed by atoms with Crippen molar-refractivity contribution in [2.24, 2.45) is 0 Å². The zero-order chi connectivity index (χ0) is 22.1. The van der Waals surface area contributed by atoms with Crippen molar-refractivity contribution in [3.8, 4) is 0 Å². The van der Waals surface area contributed by atoms with E-state index >= 15 is 0 Å². The number of aryl methyl sites for hydroxylation is 3.